The summed E-state index contributed by atoms with van der Waals surface area (Å²) in [6, 6.07) is -1.20. The van der Waals surface area contributed by atoms with Crippen molar-refractivity contribution in [2.45, 2.75) is 105 Å². The van der Waals surface area contributed by atoms with Gasteiger partial charge in [-0.25, -0.2) is 0 Å². The molecule has 0 aliphatic carbocycles. The van der Waals surface area contributed by atoms with E-state index in [4.69, 9.17) is 34.2 Å². The molecule has 18 heteroatoms. The quantitative estimate of drug-likeness (QED) is 0.0925. The molecule has 12 N–H and O–H groups in total. The van der Waals surface area contributed by atoms with Gasteiger partial charge in [-0.3, -0.25) is 4.79 Å². The number of hydrogen-bond donors (Lipinski definition) is 11. The van der Waals surface area contributed by atoms with E-state index in [1.54, 1.807) is 0 Å². The van der Waals surface area contributed by atoms with Gasteiger partial charge in [0.15, 0.2) is 18.9 Å². The highest BCUT2D eigenvalue weighted by atomic mass is 16.8. The Bertz CT molecular complexity index is 812. The largest absolute Gasteiger partial charge is 0.394 e. The van der Waals surface area contributed by atoms with Gasteiger partial charge in [0.1, 0.15) is 73.2 Å². The van der Waals surface area contributed by atoms with Crippen LogP contribution in [0.15, 0.2) is 0 Å². The lowest BCUT2D eigenvalue weighted by atomic mass is 9.95. The van der Waals surface area contributed by atoms with Crippen LogP contribution in [0, 0.1) is 0 Å². The average Bonchev–Trinajstić information content (AvgIpc) is 2.95. The number of nitrogens with two attached hydrogens (primary N) is 1. The predicted octanol–water partition coefficient (Wildman–Crippen LogP) is -7.06. The van der Waals surface area contributed by atoms with Crippen LogP contribution in [-0.4, -0.2) is 177 Å². The maximum atomic E-state index is 11.8. The van der Waals surface area contributed by atoms with Gasteiger partial charge in [0, 0.05) is 6.92 Å². The Balaban J connectivity index is 1.80. The topological polar surface area (TPSA) is 293 Å². The highest BCUT2D eigenvalue weighted by Gasteiger charge is 2.54. The fourth-order valence-corrected chi connectivity index (χ4v) is 4.86. The lowest BCUT2D eigenvalue weighted by molar-refractivity contribution is -0.376. The number of ether oxygens (including phenoxy) is 6. The van der Waals surface area contributed by atoms with Crippen molar-refractivity contribution < 1.29 is 79.2 Å². The molecule has 3 aliphatic heterocycles. The van der Waals surface area contributed by atoms with Crippen molar-refractivity contribution in [1.29, 1.82) is 0 Å². The molecule has 240 valence electrons. The molecule has 0 aromatic carbocycles. The van der Waals surface area contributed by atoms with Crippen molar-refractivity contribution in [3.8, 4) is 0 Å². The Morgan fingerprint density at radius 2 is 1.24 bits per heavy atom. The van der Waals surface area contributed by atoms with Crippen molar-refractivity contribution >= 4 is 5.91 Å². The Kier molecular flexibility index (Phi) is 13.0. The second-order valence-corrected chi connectivity index (χ2v) is 10.1. The van der Waals surface area contributed by atoms with E-state index in [0.717, 1.165) is 0 Å². The molecule has 3 saturated heterocycles. The minimum Gasteiger partial charge on any atom is -0.394 e. The summed E-state index contributed by atoms with van der Waals surface area (Å²) >= 11 is 0. The molecular formula is C23H42N2O16. The molecule has 3 rings (SSSR count). The molecule has 3 heterocycles. The molecule has 0 radical (unpaired) electrons. The van der Waals surface area contributed by atoms with Crippen LogP contribution < -0.4 is 11.1 Å². The zero-order chi connectivity index (χ0) is 30.4. The van der Waals surface area contributed by atoms with Crippen LogP contribution in [0.3, 0.4) is 0 Å². The van der Waals surface area contributed by atoms with Crippen LogP contribution in [-0.2, 0) is 33.2 Å². The second kappa shape index (κ2) is 15.5. The minimum absolute atomic E-state index is 0.116. The molecule has 0 spiro atoms. The number of carbonyl (C=O) groups excluding carboxylic acids is 1. The van der Waals surface area contributed by atoms with E-state index in [0.29, 0.717) is 13.0 Å². The van der Waals surface area contributed by atoms with E-state index in [1.807, 2.05) is 0 Å². The van der Waals surface area contributed by atoms with Crippen molar-refractivity contribution in [2.75, 3.05) is 33.0 Å². The Hall–Kier alpha value is -1.17. The summed E-state index contributed by atoms with van der Waals surface area (Å²) in [7, 11) is 0. The van der Waals surface area contributed by atoms with Crippen LogP contribution in [0.1, 0.15) is 13.3 Å². The molecule has 18 nitrogen and oxygen atoms in total. The number of carbonyl (C=O) groups is 1. The van der Waals surface area contributed by atoms with E-state index in [-0.39, 0.29) is 6.61 Å². The molecule has 0 saturated carbocycles. The number of aliphatic hydroxyl groups is 9. The highest BCUT2D eigenvalue weighted by molar-refractivity contribution is 5.73. The van der Waals surface area contributed by atoms with Gasteiger partial charge in [0.2, 0.25) is 5.91 Å². The lowest BCUT2D eigenvalue weighted by Crippen LogP contribution is -2.68. The third-order valence-electron chi connectivity index (χ3n) is 7.11. The molecule has 0 aromatic heterocycles. The van der Waals surface area contributed by atoms with Crippen molar-refractivity contribution in [1.82, 2.24) is 5.32 Å². The monoisotopic (exact) mass is 602 g/mol. The molecule has 1 amide bonds. The zero-order valence-corrected chi connectivity index (χ0v) is 22.4. The average molecular weight is 603 g/mol. The summed E-state index contributed by atoms with van der Waals surface area (Å²) in [6.45, 7) is -0.656. The molecule has 0 bridgehead atoms. The standard InChI is InChI=1S/C23H42N2O16/c1-8(29)25-12-15(32)19(11(7-28)39-21(12)36-4-2-3-24)40-23-18(35)20(14(31)10(6-27)38-23)41-22-17(34)16(33)13(30)9(5-26)37-22/h9-23,26-28,30-35H,2-7,24H2,1H3,(H,25,29)/t9?,10?,11?,12?,13-,14-,15?,16?,17?,18?,19+,20?,21+,22?,23?/m0/s1. The summed E-state index contributed by atoms with van der Waals surface area (Å²) in [4.78, 5) is 11.8. The smallest absolute Gasteiger partial charge is 0.217 e. The van der Waals surface area contributed by atoms with E-state index in [9.17, 15) is 50.8 Å². The van der Waals surface area contributed by atoms with Gasteiger partial charge < -0.3 is 85.4 Å². The number of rotatable bonds is 12. The fraction of sp³-hybridized carbons (Fsp3) is 0.957. The SMILES string of the molecule is CC(=O)NC1C(O)[C@H](OC2OC(CO)[C@H](O)C(OC3OC(CO)[C@H](O)C(O)C3O)C2O)C(CO)O[C@H]1OCCCN. The van der Waals surface area contributed by atoms with Crippen LogP contribution in [0.4, 0.5) is 0 Å². The van der Waals surface area contributed by atoms with Crippen molar-refractivity contribution in [3.63, 3.8) is 0 Å². The van der Waals surface area contributed by atoms with Crippen molar-refractivity contribution in [2.24, 2.45) is 5.73 Å². The fourth-order valence-electron chi connectivity index (χ4n) is 4.86. The minimum atomic E-state index is -1.90. The Morgan fingerprint density at radius 1 is 0.707 bits per heavy atom. The van der Waals surface area contributed by atoms with Gasteiger partial charge in [-0.15, -0.1) is 0 Å². The van der Waals surface area contributed by atoms with Gasteiger partial charge in [-0.1, -0.05) is 0 Å². The summed E-state index contributed by atoms with van der Waals surface area (Å²) in [5.74, 6) is -0.545. The lowest BCUT2D eigenvalue weighted by Gasteiger charge is -2.48. The van der Waals surface area contributed by atoms with Crippen molar-refractivity contribution in [3.05, 3.63) is 0 Å². The zero-order valence-electron chi connectivity index (χ0n) is 22.4. The molecule has 41 heavy (non-hydrogen) atoms. The molecule has 11 unspecified atom stereocenters. The summed E-state index contributed by atoms with van der Waals surface area (Å²) in [5.41, 5.74) is 5.48. The van der Waals surface area contributed by atoms with E-state index in [1.165, 1.54) is 6.92 Å². The Morgan fingerprint density at radius 3 is 1.80 bits per heavy atom. The van der Waals surface area contributed by atoms with Crippen LogP contribution in [0.2, 0.25) is 0 Å². The third kappa shape index (κ3) is 7.87. The summed E-state index contributed by atoms with van der Waals surface area (Å²) < 4.78 is 33.4. The highest BCUT2D eigenvalue weighted by Crippen LogP contribution is 2.32. The molecule has 3 aliphatic rings. The van der Waals surface area contributed by atoms with Gasteiger partial charge >= 0.3 is 0 Å². The first-order chi connectivity index (χ1) is 19.5. The molecular weight excluding hydrogens is 560 g/mol. The number of amides is 1. The first kappa shape index (κ1) is 34.3. The number of aliphatic hydroxyl groups excluding tert-OH is 9. The summed E-state index contributed by atoms with van der Waals surface area (Å²) in [5, 5.41) is 94.9. The first-order valence-electron chi connectivity index (χ1n) is 13.3. The maximum Gasteiger partial charge on any atom is 0.217 e. The van der Waals surface area contributed by atoms with Crippen LogP contribution in [0.5, 0.6) is 0 Å². The number of nitrogens with one attached hydrogen (secondary N) is 1. The Labute approximate surface area is 235 Å². The molecule has 3 fully saturated rings. The molecule has 0 aromatic rings. The molecule has 15 atom stereocenters. The third-order valence-corrected chi connectivity index (χ3v) is 7.11. The van der Waals surface area contributed by atoms with Gasteiger partial charge in [-0.05, 0) is 13.0 Å². The van der Waals surface area contributed by atoms with Gasteiger partial charge in [0.25, 0.3) is 0 Å². The van der Waals surface area contributed by atoms with Crippen LogP contribution in [0.25, 0.3) is 0 Å². The predicted molar refractivity (Wildman–Crippen MR) is 130 cm³/mol. The van der Waals surface area contributed by atoms with E-state index < -0.39 is 118 Å². The van der Waals surface area contributed by atoms with E-state index in [2.05, 4.69) is 5.32 Å². The van der Waals surface area contributed by atoms with E-state index >= 15 is 0 Å². The normalized spacial score (nSPS) is 45.4. The van der Waals surface area contributed by atoms with Gasteiger partial charge in [-0.2, -0.15) is 0 Å². The van der Waals surface area contributed by atoms with Gasteiger partial charge in [0.05, 0.1) is 26.4 Å². The van der Waals surface area contributed by atoms with Crippen LogP contribution >= 0.6 is 0 Å². The second-order valence-electron chi connectivity index (χ2n) is 10.1. The summed E-state index contributed by atoms with van der Waals surface area (Å²) in [6.07, 6.45) is -22.1. The maximum absolute atomic E-state index is 11.8. The number of hydrogen-bond acceptors (Lipinski definition) is 17. The first-order valence-corrected chi connectivity index (χ1v) is 13.3.